The molecule has 0 aliphatic heterocycles. The molecule has 0 heterocycles. The maximum atomic E-state index is 11.7. The van der Waals surface area contributed by atoms with Crippen LogP contribution in [0.2, 0.25) is 0 Å². The van der Waals surface area contributed by atoms with Crippen LogP contribution in [-0.2, 0) is 23.7 Å². The Hall–Kier alpha value is -0.530. The Kier molecular flexibility index (Phi) is 19.6. The van der Waals surface area contributed by atoms with Crippen LogP contribution < -0.4 is 16.0 Å². The third-order valence-electron chi connectivity index (χ3n) is 4.83. The molecule has 10 heteroatoms. The Labute approximate surface area is 200 Å². The number of ether oxygens (including phenoxy) is 4. The Morgan fingerprint density at radius 1 is 0.677 bits per heavy atom. The van der Waals surface area contributed by atoms with Crippen LogP contribution in [0.1, 0.15) is 44.9 Å². The molecule has 0 aromatic rings. The average molecular weight is 557 g/mol. The maximum Gasteiger partial charge on any atom is 0.280 e. The van der Waals surface area contributed by atoms with Crippen LogP contribution in [0, 0.1) is 0 Å². The van der Waals surface area contributed by atoms with Crippen molar-refractivity contribution in [1.29, 1.82) is 0 Å². The smallest absolute Gasteiger partial charge is 0.280 e. The van der Waals surface area contributed by atoms with E-state index < -0.39 is 0 Å². The van der Waals surface area contributed by atoms with E-state index in [1.54, 1.807) is 22.6 Å². The Balaban J connectivity index is 1.75. The van der Waals surface area contributed by atoms with Crippen molar-refractivity contribution in [3.05, 3.63) is 0 Å². The normalized spacial score (nSPS) is 14.9. The van der Waals surface area contributed by atoms with E-state index in [1.165, 1.54) is 38.5 Å². The molecular formula is C21H40IN3O6. The molecule has 1 saturated carbocycles. The first-order valence-electron chi connectivity index (χ1n) is 11.4. The number of rotatable bonds is 19. The molecule has 1 fully saturated rings. The van der Waals surface area contributed by atoms with Gasteiger partial charge in [0.15, 0.2) is 0 Å². The summed E-state index contributed by atoms with van der Waals surface area (Å²) in [5.74, 6) is -0.0529. The molecule has 31 heavy (non-hydrogen) atoms. The van der Waals surface area contributed by atoms with Gasteiger partial charge < -0.3 is 34.9 Å². The number of nitrogens with one attached hydrogen (secondary N) is 3. The minimum atomic E-state index is -0.0974. The fourth-order valence-corrected chi connectivity index (χ4v) is 3.47. The molecule has 1 aliphatic carbocycles. The van der Waals surface area contributed by atoms with Gasteiger partial charge in [-0.3, -0.25) is 9.59 Å². The summed E-state index contributed by atoms with van der Waals surface area (Å²) >= 11 is 1.68. The third kappa shape index (κ3) is 19.9. The first-order valence-corrected chi connectivity index (χ1v) is 12.5. The van der Waals surface area contributed by atoms with Crippen LogP contribution in [0.25, 0.3) is 0 Å². The molecule has 0 aromatic heterocycles. The summed E-state index contributed by atoms with van der Waals surface area (Å²) < 4.78 is 21.6. The zero-order chi connectivity index (χ0) is 22.4. The van der Waals surface area contributed by atoms with Crippen LogP contribution >= 0.6 is 22.6 Å². The highest BCUT2D eigenvalue weighted by Gasteiger charge is 2.10. The lowest BCUT2D eigenvalue weighted by Gasteiger charge is -2.16. The fraction of sp³-hybridized carbons (Fsp3) is 0.905. The summed E-state index contributed by atoms with van der Waals surface area (Å²) in [4.78, 5) is 22.4. The van der Waals surface area contributed by atoms with E-state index in [-0.39, 0.29) is 9.82 Å². The Morgan fingerprint density at radius 3 is 1.77 bits per heavy atom. The lowest BCUT2D eigenvalue weighted by molar-refractivity contribution is -0.122. The molecule has 0 saturated heterocycles. The van der Waals surface area contributed by atoms with E-state index in [1.807, 2.05) is 0 Å². The molecule has 1 aliphatic rings. The van der Waals surface area contributed by atoms with Crippen molar-refractivity contribution < 1.29 is 28.5 Å². The predicted octanol–water partition coefficient (Wildman–Crippen LogP) is 2.02. The van der Waals surface area contributed by atoms with Gasteiger partial charge in [0.1, 0.15) is 0 Å². The SMILES string of the molecule is O=C(I)NCCOCCOCCNC(=O)CCOCCOCCNC1CCCCCC1. The first kappa shape index (κ1) is 28.5. The van der Waals surface area contributed by atoms with Crippen LogP contribution in [-0.4, -0.2) is 88.4 Å². The maximum absolute atomic E-state index is 11.7. The second kappa shape index (κ2) is 21.3. The van der Waals surface area contributed by atoms with Gasteiger partial charge in [0.05, 0.1) is 52.9 Å². The number of hydrogen-bond acceptors (Lipinski definition) is 7. The van der Waals surface area contributed by atoms with E-state index in [2.05, 4.69) is 16.0 Å². The topological polar surface area (TPSA) is 107 Å². The zero-order valence-electron chi connectivity index (χ0n) is 18.6. The first-order chi connectivity index (χ1) is 15.2. The monoisotopic (exact) mass is 557 g/mol. The molecule has 0 aromatic carbocycles. The summed E-state index contributed by atoms with van der Waals surface area (Å²) in [7, 11) is 0. The van der Waals surface area contributed by atoms with Gasteiger partial charge in [0, 0.05) is 54.7 Å². The molecule has 0 atom stereocenters. The summed E-state index contributed by atoms with van der Waals surface area (Å²) in [5.41, 5.74) is 0. The molecule has 3 N–H and O–H groups in total. The highest BCUT2D eigenvalue weighted by Crippen LogP contribution is 2.16. The van der Waals surface area contributed by atoms with Crippen molar-refractivity contribution in [2.75, 3.05) is 72.5 Å². The van der Waals surface area contributed by atoms with Crippen molar-refractivity contribution in [3.63, 3.8) is 0 Å². The Morgan fingerprint density at radius 2 is 1.19 bits per heavy atom. The van der Waals surface area contributed by atoms with E-state index in [9.17, 15) is 9.59 Å². The van der Waals surface area contributed by atoms with Gasteiger partial charge in [0.2, 0.25) is 5.91 Å². The van der Waals surface area contributed by atoms with Crippen molar-refractivity contribution >= 4 is 32.4 Å². The van der Waals surface area contributed by atoms with Crippen molar-refractivity contribution in [2.24, 2.45) is 0 Å². The molecule has 0 unspecified atom stereocenters. The molecular weight excluding hydrogens is 517 g/mol. The summed E-state index contributed by atoms with van der Waals surface area (Å²) in [6.45, 7) is 5.77. The lowest BCUT2D eigenvalue weighted by atomic mass is 10.1. The summed E-state index contributed by atoms with van der Waals surface area (Å²) in [6.07, 6.45) is 8.31. The van der Waals surface area contributed by atoms with Gasteiger partial charge in [-0.05, 0) is 12.8 Å². The molecule has 182 valence electrons. The van der Waals surface area contributed by atoms with Crippen molar-refractivity contribution in [3.8, 4) is 0 Å². The number of halogens is 1. The van der Waals surface area contributed by atoms with Gasteiger partial charge >= 0.3 is 0 Å². The van der Waals surface area contributed by atoms with Crippen LogP contribution in [0.4, 0.5) is 4.79 Å². The zero-order valence-corrected chi connectivity index (χ0v) is 20.8. The van der Waals surface area contributed by atoms with Crippen molar-refractivity contribution in [1.82, 2.24) is 16.0 Å². The third-order valence-corrected chi connectivity index (χ3v) is 5.21. The van der Waals surface area contributed by atoms with E-state index >= 15 is 0 Å². The van der Waals surface area contributed by atoms with Gasteiger partial charge in [-0.2, -0.15) is 0 Å². The van der Waals surface area contributed by atoms with Gasteiger partial charge in [-0.15, -0.1) is 0 Å². The molecule has 0 radical (unpaired) electrons. The van der Waals surface area contributed by atoms with Gasteiger partial charge in [-0.1, -0.05) is 25.7 Å². The number of amides is 2. The quantitative estimate of drug-likeness (QED) is 0.0734. The molecule has 9 nitrogen and oxygen atoms in total. The molecule has 0 bridgehead atoms. The number of carbonyl (C=O) groups excluding carboxylic acids is 2. The van der Waals surface area contributed by atoms with Gasteiger partial charge in [-0.25, -0.2) is 0 Å². The average Bonchev–Trinajstić information content (AvgIpc) is 3.02. The van der Waals surface area contributed by atoms with Crippen LogP contribution in [0.3, 0.4) is 0 Å². The molecule has 0 spiro atoms. The van der Waals surface area contributed by atoms with Crippen molar-refractivity contribution in [2.45, 2.75) is 51.0 Å². The van der Waals surface area contributed by atoms with Gasteiger partial charge in [0.25, 0.3) is 3.91 Å². The largest absolute Gasteiger partial charge is 0.379 e. The second-order valence-electron chi connectivity index (χ2n) is 7.39. The minimum absolute atomic E-state index is 0.0529. The predicted molar refractivity (Wildman–Crippen MR) is 128 cm³/mol. The van der Waals surface area contributed by atoms with Crippen LogP contribution in [0.5, 0.6) is 0 Å². The standard InChI is InChI=1S/C21H40IN3O6/c22-21(27)25-10-14-31-18-17-30-13-9-24-20(26)7-11-28-15-16-29-12-8-23-19-5-3-1-2-4-6-19/h19,23H,1-18H2,(H,24,26)(H,25,27). The fourth-order valence-electron chi connectivity index (χ4n) is 3.20. The molecule has 1 rings (SSSR count). The second-order valence-corrected chi connectivity index (χ2v) is 8.37. The number of hydrogen-bond donors (Lipinski definition) is 3. The van der Waals surface area contributed by atoms with E-state index in [4.69, 9.17) is 18.9 Å². The highest BCUT2D eigenvalue weighted by atomic mass is 127. The lowest BCUT2D eigenvalue weighted by Crippen LogP contribution is -2.31. The van der Waals surface area contributed by atoms with E-state index in [0.29, 0.717) is 78.4 Å². The highest BCUT2D eigenvalue weighted by molar-refractivity contribution is 14.1. The van der Waals surface area contributed by atoms with Crippen LogP contribution in [0.15, 0.2) is 0 Å². The minimum Gasteiger partial charge on any atom is -0.379 e. The summed E-state index contributed by atoms with van der Waals surface area (Å²) in [6, 6.07) is 0.653. The number of carbonyl (C=O) groups is 2. The van der Waals surface area contributed by atoms with E-state index in [0.717, 1.165) is 6.54 Å². The Bertz CT molecular complexity index is 451. The summed E-state index contributed by atoms with van der Waals surface area (Å²) in [5, 5.41) is 9.00. The molecule has 2 amide bonds.